The van der Waals surface area contributed by atoms with Crippen LogP contribution >= 0.6 is 0 Å². The second-order valence-electron chi connectivity index (χ2n) is 10.2. The van der Waals surface area contributed by atoms with Gasteiger partial charge in [0.2, 0.25) is 5.95 Å². The van der Waals surface area contributed by atoms with Gasteiger partial charge in [0, 0.05) is 25.3 Å². The van der Waals surface area contributed by atoms with Gasteiger partial charge in [0.1, 0.15) is 17.3 Å². The van der Waals surface area contributed by atoms with Crippen molar-refractivity contribution in [1.29, 1.82) is 0 Å². The summed E-state index contributed by atoms with van der Waals surface area (Å²) in [6.07, 6.45) is 0. The fourth-order valence-corrected chi connectivity index (χ4v) is 4.99. The lowest BCUT2D eigenvalue weighted by Crippen LogP contribution is -2.30. The molecular weight excluding hydrogens is 511 g/mol. The van der Waals surface area contributed by atoms with Crippen molar-refractivity contribution in [3.8, 4) is 5.75 Å². The lowest BCUT2D eigenvalue weighted by atomic mass is 9.93. The van der Waals surface area contributed by atoms with E-state index in [-0.39, 0.29) is 23.2 Å². The number of H-pyrrole nitrogens is 1. The average molecular weight is 543 g/mol. The zero-order chi connectivity index (χ0) is 28.7. The number of carbonyl (C=O) groups excluding carboxylic acids is 2. The number of amides is 1. The van der Waals surface area contributed by atoms with E-state index in [0.717, 1.165) is 11.3 Å². The van der Waals surface area contributed by atoms with Crippen LogP contribution in [0.1, 0.15) is 49.4 Å². The number of nitrogens with zero attached hydrogens (tertiary/aromatic N) is 3. The third-order valence-corrected chi connectivity index (χ3v) is 7.03. The van der Waals surface area contributed by atoms with Crippen LogP contribution in [0.3, 0.4) is 0 Å². The predicted molar refractivity (Wildman–Crippen MR) is 153 cm³/mol. The number of fused-ring (bicyclic) bond motifs is 1. The number of aromatic amines is 1. The summed E-state index contributed by atoms with van der Waals surface area (Å²) in [6.45, 7) is 6.41. The smallest absolute Gasteiger partial charge is 0.302 e. The van der Waals surface area contributed by atoms with Crippen molar-refractivity contribution < 1.29 is 23.8 Å². The van der Waals surface area contributed by atoms with Crippen LogP contribution in [0.5, 0.6) is 5.75 Å². The molecule has 1 aliphatic heterocycles. The van der Waals surface area contributed by atoms with Crippen molar-refractivity contribution in [3.05, 3.63) is 88.7 Å². The molecule has 206 valence electrons. The van der Waals surface area contributed by atoms with Crippen molar-refractivity contribution in [1.82, 2.24) is 9.97 Å². The Bertz CT molecular complexity index is 1640. The minimum absolute atomic E-state index is 0.0619. The van der Waals surface area contributed by atoms with Crippen LogP contribution in [0.2, 0.25) is 0 Å². The Labute approximate surface area is 231 Å². The molecule has 40 heavy (non-hydrogen) atoms. The van der Waals surface area contributed by atoms with E-state index >= 15 is 0 Å². The molecule has 1 amide bonds. The summed E-state index contributed by atoms with van der Waals surface area (Å²) in [4.78, 5) is 37.7. The Kier molecular flexibility index (Phi) is 7.06. The van der Waals surface area contributed by atoms with Crippen LogP contribution < -0.4 is 14.5 Å². The highest BCUT2D eigenvalue weighted by atomic mass is 19.1. The van der Waals surface area contributed by atoms with Gasteiger partial charge in [0.25, 0.3) is 5.78 Å². The number of anilines is 2. The number of carbonyl (C=O) groups is 2. The fraction of sp³-hybridized carbons (Fsp3) is 0.258. The van der Waals surface area contributed by atoms with Gasteiger partial charge in [-0.2, -0.15) is 0 Å². The minimum Gasteiger partial charge on any atom is -0.507 e. The first kappa shape index (κ1) is 26.9. The Hall–Kier alpha value is -4.66. The Morgan fingerprint density at radius 2 is 1.82 bits per heavy atom. The van der Waals surface area contributed by atoms with Crippen molar-refractivity contribution >= 4 is 40.1 Å². The van der Waals surface area contributed by atoms with Crippen molar-refractivity contribution in [2.24, 2.45) is 0 Å². The number of aliphatic hydroxyl groups excluding tert-OH is 1. The number of hydrogen-bond donors (Lipinski definition) is 2. The monoisotopic (exact) mass is 542 g/mol. The maximum absolute atomic E-state index is 13.9. The molecule has 2 N–H and O–H groups in total. The Balaban J connectivity index is 1.71. The molecule has 8 nitrogen and oxygen atoms in total. The lowest BCUT2D eigenvalue weighted by molar-refractivity contribution is -0.132. The highest BCUT2D eigenvalue weighted by Crippen LogP contribution is 2.42. The SMILES string of the molecule is CCOc1ccc(/C(O)=C2\C(=O)C(=O)N(c3nc4ccc(F)cc4[nH]3)C2c2ccc(N(C)C)cc2)cc1C(C)C. The first-order valence-electron chi connectivity index (χ1n) is 13.1. The normalized spacial score (nSPS) is 16.8. The van der Waals surface area contributed by atoms with Gasteiger partial charge in [0.15, 0.2) is 0 Å². The van der Waals surface area contributed by atoms with E-state index in [2.05, 4.69) is 9.97 Å². The number of imidazole rings is 1. The number of ether oxygens (including phenoxy) is 1. The quantitative estimate of drug-likeness (QED) is 0.171. The van der Waals surface area contributed by atoms with Gasteiger partial charge < -0.3 is 19.7 Å². The molecule has 1 aliphatic rings. The first-order chi connectivity index (χ1) is 19.1. The summed E-state index contributed by atoms with van der Waals surface area (Å²) in [5.41, 5.74) is 3.55. The van der Waals surface area contributed by atoms with Gasteiger partial charge >= 0.3 is 5.91 Å². The molecule has 2 heterocycles. The molecular formula is C31H31FN4O4. The van der Waals surface area contributed by atoms with Crippen LogP contribution in [0, 0.1) is 5.82 Å². The molecule has 0 bridgehead atoms. The van der Waals surface area contributed by atoms with Crippen LogP contribution in [0.25, 0.3) is 16.8 Å². The van der Waals surface area contributed by atoms with E-state index in [4.69, 9.17) is 4.74 Å². The third kappa shape index (κ3) is 4.68. The van der Waals surface area contributed by atoms with E-state index in [0.29, 0.717) is 34.5 Å². The molecule has 1 fully saturated rings. The maximum atomic E-state index is 13.9. The number of benzene rings is 3. The number of aliphatic hydroxyl groups is 1. The standard InChI is InChI=1S/C31H31FN4O4/c1-6-40-25-14-9-19(15-22(25)17(2)3)28(37)26-27(18-7-11-21(12-8-18)35(4)5)36(30(39)29(26)38)31-33-23-13-10-20(32)16-24(23)34-31/h7-17,27,37H,6H2,1-5H3,(H,33,34)/b28-26+. The molecule has 0 radical (unpaired) electrons. The largest absolute Gasteiger partial charge is 0.507 e. The molecule has 4 aromatic rings. The Morgan fingerprint density at radius 3 is 2.48 bits per heavy atom. The van der Waals surface area contributed by atoms with E-state index in [1.165, 1.54) is 23.1 Å². The van der Waals surface area contributed by atoms with Gasteiger partial charge in [-0.15, -0.1) is 0 Å². The number of halogens is 1. The predicted octanol–water partition coefficient (Wildman–Crippen LogP) is 5.92. The second-order valence-corrected chi connectivity index (χ2v) is 10.2. The Morgan fingerprint density at radius 1 is 1.10 bits per heavy atom. The molecule has 5 rings (SSSR count). The number of ketones is 1. The minimum atomic E-state index is -0.976. The number of rotatable bonds is 7. The van der Waals surface area contributed by atoms with E-state index in [1.807, 2.05) is 64.0 Å². The van der Waals surface area contributed by atoms with Crippen LogP contribution in [-0.4, -0.2) is 47.5 Å². The topological polar surface area (TPSA) is 98.8 Å². The van der Waals surface area contributed by atoms with Crippen molar-refractivity contribution in [2.75, 3.05) is 30.5 Å². The molecule has 3 aromatic carbocycles. The van der Waals surface area contributed by atoms with Gasteiger partial charge in [-0.1, -0.05) is 26.0 Å². The fourth-order valence-electron chi connectivity index (χ4n) is 4.99. The molecule has 1 aromatic heterocycles. The summed E-state index contributed by atoms with van der Waals surface area (Å²) in [5.74, 6) is -1.59. The number of Topliss-reactive ketones (excluding diaryl/α,β-unsaturated/α-hetero) is 1. The maximum Gasteiger partial charge on any atom is 0.302 e. The van der Waals surface area contributed by atoms with E-state index in [1.54, 1.807) is 18.2 Å². The van der Waals surface area contributed by atoms with Crippen LogP contribution in [0.4, 0.5) is 16.0 Å². The number of aromatic nitrogens is 2. The zero-order valence-electron chi connectivity index (χ0n) is 23.0. The van der Waals surface area contributed by atoms with Gasteiger partial charge in [0.05, 0.1) is 29.3 Å². The summed E-state index contributed by atoms with van der Waals surface area (Å²) in [7, 11) is 3.82. The summed E-state index contributed by atoms with van der Waals surface area (Å²) >= 11 is 0. The highest BCUT2D eigenvalue weighted by Gasteiger charge is 2.48. The highest BCUT2D eigenvalue weighted by molar-refractivity contribution is 6.51. The lowest BCUT2D eigenvalue weighted by Gasteiger charge is -2.24. The molecule has 1 unspecified atom stereocenters. The van der Waals surface area contributed by atoms with Crippen LogP contribution in [0.15, 0.2) is 66.2 Å². The first-order valence-corrected chi connectivity index (χ1v) is 13.1. The average Bonchev–Trinajstić information content (AvgIpc) is 3.46. The second kappa shape index (κ2) is 10.5. The third-order valence-electron chi connectivity index (χ3n) is 7.03. The van der Waals surface area contributed by atoms with E-state index in [9.17, 15) is 19.1 Å². The number of nitrogens with one attached hydrogen (secondary N) is 1. The van der Waals surface area contributed by atoms with Gasteiger partial charge in [-0.05, 0) is 72.5 Å². The summed E-state index contributed by atoms with van der Waals surface area (Å²) in [6, 6.07) is 15.7. The molecule has 9 heteroatoms. The molecule has 0 aliphatic carbocycles. The van der Waals surface area contributed by atoms with Crippen molar-refractivity contribution in [2.45, 2.75) is 32.7 Å². The summed E-state index contributed by atoms with van der Waals surface area (Å²) in [5, 5.41) is 11.6. The van der Waals surface area contributed by atoms with Gasteiger partial charge in [-0.25, -0.2) is 9.37 Å². The molecule has 1 atom stereocenters. The molecule has 0 spiro atoms. The van der Waals surface area contributed by atoms with Crippen molar-refractivity contribution in [3.63, 3.8) is 0 Å². The van der Waals surface area contributed by atoms with E-state index < -0.39 is 23.5 Å². The molecule has 0 saturated carbocycles. The summed E-state index contributed by atoms with van der Waals surface area (Å²) < 4.78 is 19.7. The van der Waals surface area contributed by atoms with Gasteiger partial charge in [-0.3, -0.25) is 14.5 Å². The number of hydrogen-bond acceptors (Lipinski definition) is 6. The zero-order valence-corrected chi connectivity index (χ0v) is 23.0. The van der Waals surface area contributed by atoms with Crippen LogP contribution in [-0.2, 0) is 9.59 Å². The molecule has 1 saturated heterocycles.